The van der Waals surface area contributed by atoms with E-state index in [0.717, 1.165) is 17.7 Å². The summed E-state index contributed by atoms with van der Waals surface area (Å²) in [6, 6.07) is 15.3. The molecule has 27 heavy (non-hydrogen) atoms. The van der Waals surface area contributed by atoms with Gasteiger partial charge in [0.05, 0.1) is 24.3 Å². The van der Waals surface area contributed by atoms with Crippen molar-refractivity contribution >= 4 is 34.6 Å². The van der Waals surface area contributed by atoms with Crippen molar-refractivity contribution in [1.29, 1.82) is 0 Å². The summed E-state index contributed by atoms with van der Waals surface area (Å²) in [5, 5.41) is 0.660. The van der Waals surface area contributed by atoms with Gasteiger partial charge in [-0.05, 0) is 54.1 Å². The molecule has 1 amide bonds. The minimum atomic E-state index is -0.0695. The molecule has 6 heteroatoms. The third-order valence-corrected chi connectivity index (χ3v) is 4.99. The third kappa shape index (κ3) is 4.52. The quantitative estimate of drug-likeness (QED) is 0.679. The molecule has 0 N–H and O–H groups in total. The maximum Gasteiger partial charge on any atom is 0.266 e. The minimum absolute atomic E-state index is 0.0695. The number of carbonyl (C=O) groups excluding carboxylic acids is 1. The normalized spacial score (nSPS) is 17.0. The number of benzene rings is 2. The highest BCUT2D eigenvalue weighted by Gasteiger charge is 2.30. The van der Waals surface area contributed by atoms with Crippen LogP contribution >= 0.6 is 11.8 Å². The van der Waals surface area contributed by atoms with Crippen LogP contribution in [0.15, 0.2) is 58.4 Å². The molecule has 0 atom stereocenters. The predicted molar refractivity (Wildman–Crippen MR) is 111 cm³/mol. The Kier molecular flexibility index (Phi) is 6.19. The average molecular weight is 382 g/mol. The number of hydrogen-bond donors (Lipinski definition) is 0. The molecule has 0 bridgehead atoms. The van der Waals surface area contributed by atoms with Gasteiger partial charge in [-0.3, -0.25) is 9.69 Å². The minimum Gasteiger partial charge on any atom is -0.493 e. The standard InChI is InChI=1S/C21H22N2O3S/c1-4-12-26-17-11-10-15(13-18(17)25-3)14-19-20(24)23(2)21(27-19)22-16-8-6-5-7-9-16/h5-11,13-14H,4,12H2,1-3H3. The van der Waals surface area contributed by atoms with Crippen molar-refractivity contribution in [2.45, 2.75) is 13.3 Å². The zero-order valence-electron chi connectivity index (χ0n) is 15.6. The predicted octanol–water partition coefficient (Wildman–Crippen LogP) is 4.72. The molecule has 1 fully saturated rings. The number of likely N-dealkylation sites (N-methyl/N-ethyl adjacent to an activating group) is 1. The lowest BCUT2D eigenvalue weighted by molar-refractivity contribution is -0.121. The number of methoxy groups -OCH3 is 1. The van der Waals surface area contributed by atoms with Crippen molar-refractivity contribution in [2.24, 2.45) is 4.99 Å². The Balaban J connectivity index is 1.84. The first-order valence-electron chi connectivity index (χ1n) is 8.74. The lowest BCUT2D eigenvalue weighted by Gasteiger charge is -2.10. The SMILES string of the molecule is CCCOc1ccc(C=C2SC(=Nc3ccccc3)N(C)C2=O)cc1OC. The molecule has 140 valence electrons. The topological polar surface area (TPSA) is 51.1 Å². The van der Waals surface area contributed by atoms with E-state index in [1.54, 1.807) is 19.1 Å². The molecule has 0 radical (unpaired) electrons. The molecule has 0 unspecified atom stereocenters. The fraction of sp³-hybridized carbons (Fsp3) is 0.238. The van der Waals surface area contributed by atoms with Gasteiger partial charge in [-0.25, -0.2) is 4.99 Å². The number of amidine groups is 1. The van der Waals surface area contributed by atoms with E-state index < -0.39 is 0 Å². The van der Waals surface area contributed by atoms with Gasteiger partial charge >= 0.3 is 0 Å². The first-order valence-corrected chi connectivity index (χ1v) is 9.56. The number of thioether (sulfide) groups is 1. The van der Waals surface area contributed by atoms with Crippen LogP contribution in [0.4, 0.5) is 5.69 Å². The molecular weight excluding hydrogens is 360 g/mol. The number of nitrogens with zero attached hydrogens (tertiary/aromatic N) is 2. The highest BCUT2D eigenvalue weighted by atomic mass is 32.2. The molecule has 2 aromatic rings. The highest BCUT2D eigenvalue weighted by Crippen LogP contribution is 2.35. The molecule has 0 saturated carbocycles. The van der Waals surface area contributed by atoms with Gasteiger partial charge in [0.2, 0.25) is 0 Å². The number of rotatable bonds is 6. The molecule has 3 rings (SSSR count). The Morgan fingerprint density at radius 1 is 1.15 bits per heavy atom. The van der Waals surface area contributed by atoms with Gasteiger partial charge in [-0.2, -0.15) is 0 Å². The molecule has 0 aromatic heterocycles. The Morgan fingerprint density at radius 3 is 2.63 bits per heavy atom. The summed E-state index contributed by atoms with van der Waals surface area (Å²) >= 11 is 1.36. The van der Waals surface area contributed by atoms with Crippen molar-refractivity contribution in [3.05, 3.63) is 59.0 Å². The van der Waals surface area contributed by atoms with Crippen molar-refractivity contribution < 1.29 is 14.3 Å². The van der Waals surface area contributed by atoms with Crippen LogP contribution in [0.25, 0.3) is 6.08 Å². The van der Waals surface area contributed by atoms with E-state index in [4.69, 9.17) is 9.47 Å². The number of para-hydroxylation sites is 1. The maximum atomic E-state index is 12.6. The van der Waals surface area contributed by atoms with E-state index >= 15 is 0 Å². The Labute approximate surface area is 163 Å². The van der Waals surface area contributed by atoms with Crippen LogP contribution in [0.3, 0.4) is 0 Å². The van der Waals surface area contributed by atoms with Gasteiger partial charge < -0.3 is 9.47 Å². The lowest BCUT2D eigenvalue weighted by Crippen LogP contribution is -2.23. The number of ether oxygens (including phenoxy) is 2. The number of hydrogen-bond acceptors (Lipinski definition) is 5. The summed E-state index contributed by atoms with van der Waals surface area (Å²) in [5.41, 5.74) is 1.70. The zero-order valence-corrected chi connectivity index (χ0v) is 16.5. The second kappa shape index (κ2) is 8.77. The zero-order chi connectivity index (χ0) is 19.2. The Hall–Kier alpha value is -2.73. The van der Waals surface area contributed by atoms with Crippen LogP contribution in [0.2, 0.25) is 0 Å². The number of aliphatic imine (C=N–C) groups is 1. The molecule has 1 heterocycles. The maximum absolute atomic E-state index is 12.6. The summed E-state index contributed by atoms with van der Waals surface area (Å²) in [7, 11) is 3.35. The molecule has 5 nitrogen and oxygen atoms in total. The summed E-state index contributed by atoms with van der Waals surface area (Å²) < 4.78 is 11.1. The molecule has 2 aromatic carbocycles. The van der Waals surface area contributed by atoms with Gasteiger partial charge in [-0.15, -0.1) is 0 Å². The van der Waals surface area contributed by atoms with Crippen molar-refractivity contribution in [3.63, 3.8) is 0 Å². The largest absolute Gasteiger partial charge is 0.493 e. The molecule has 0 spiro atoms. The smallest absolute Gasteiger partial charge is 0.266 e. The Morgan fingerprint density at radius 2 is 1.93 bits per heavy atom. The van der Waals surface area contributed by atoms with Crippen molar-refractivity contribution in [3.8, 4) is 11.5 Å². The van der Waals surface area contributed by atoms with Gasteiger partial charge in [0, 0.05) is 7.05 Å². The second-order valence-corrected chi connectivity index (χ2v) is 6.97. The van der Waals surface area contributed by atoms with Crippen molar-refractivity contribution in [2.75, 3.05) is 20.8 Å². The summed E-state index contributed by atoms with van der Waals surface area (Å²) in [5.74, 6) is 1.29. The van der Waals surface area contributed by atoms with E-state index in [2.05, 4.69) is 11.9 Å². The third-order valence-electron chi connectivity index (χ3n) is 3.93. The fourth-order valence-corrected chi connectivity index (χ4v) is 3.51. The summed E-state index contributed by atoms with van der Waals surface area (Å²) in [4.78, 5) is 19.3. The average Bonchev–Trinajstić information content (AvgIpc) is 2.95. The van der Waals surface area contributed by atoms with Gasteiger partial charge in [0.1, 0.15) is 0 Å². The highest BCUT2D eigenvalue weighted by molar-refractivity contribution is 8.18. The van der Waals surface area contributed by atoms with Gasteiger partial charge in [-0.1, -0.05) is 31.2 Å². The van der Waals surface area contributed by atoms with Crippen LogP contribution in [0.1, 0.15) is 18.9 Å². The first-order chi connectivity index (χ1) is 13.1. The van der Waals surface area contributed by atoms with Crippen molar-refractivity contribution in [1.82, 2.24) is 4.90 Å². The fourth-order valence-electron chi connectivity index (χ4n) is 2.52. The summed E-state index contributed by atoms with van der Waals surface area (Å²) in [6.45, 7) is 2.69. The lowest BCUT2D eigenvalue weighted by atomic mass is 10.2. The molecular formula is C21H22N2O3S. The van der Waals surface area contributed by atoms with Crippen LogP contribution in [0.5, 0.6) is 11.5 Å². The van der Waals surface area contributed by atoms with E-state index in [-0.39, 0.29) is 5.91 Å². The number of carbonyl (C=O) groups is 1. The Bertz CT molecular complexity index is 878. The van der Waals surface area contributed by atoms with E-state index in [1.807, 2.05) is 54.6 Å². The first kappa shape index (κ1) is 19.0. The van der Waals surface area contributed by atoms with E-state index in [9.17, 15) is 4.79 Å². The van der Waals surface area contributed by atoms with E-state index in [0.29, 0.717) is 28.2 Å². The summed E-state index contributed by atoms with van der Waals surface area (Å²) in [6.07, 6.45) is 2.78. The molecule has 0 aliphatic carbocycles. The molecule has 1 aliphatic heterocycles. The monoisotopic (exact) mass is 382 g/mol. The van der Waals surface area contributed by atoms with E-state index in [1.165, 1.54) is 11.8 Å². The van der Waals surface area contributed by atoms with Crippen LogP contribution in [-0.4, -0.2) is 36.7 Å². The molecule has 1 saturated heterocycles. The van der Waals surface area contributed by atoms with Crippen LogP contribution in [-0.2, 0) is 4.79 Å². The molecule has 1 aliphatic rings. The second-order valence-electron chi connectivity index (χ2n) is 5.96. The van der Waals surface area contributed by atoms with Gasteiger partial charge in [0.25, 0.3) is 5.91 Å². The number of amides is 1. The van der Waals surface area contributed by atoms with Gasteiger partial charge in [0.15, 0.2) is 16.7 Å². The van der Waals surface area contributed by atoms with Crippen LogP contribution < -0.4 is 9.47 Å². The van der Waals surface area contributed by atoms with Crippen LogP contribution in [0, 0.1) is 0 Å².